The van der Waals surface area contributed by atoms with E-state index in [1.807, 2.05) is 6.07 Å². The first-order valence-electron chi connectivity index (χ1n) is 8.56. The Balaban J connectivity index is 1.83. The minimum absolute atomic E-state index is 0.0839. The van der Waals surface area contributed by atoms with Gasteiger partial charge in [-0.15, -0.1) is 0 Å². The van der Waals surface area contributed by atoms with E-state index >= 15 is 0 Å². The largest absolute Gasteiger partial charge is 0.508 e. The van der Waals surface area contributed by atoms with E-state index in [4.69, 9.17) is 5.11 Å². The molecule has 1 atom stereocenters. The number of nitrogens with one attached hydrogen (secondary N) is 1. The van der Waals surface area contributed by atoms with E-state index in [0.29, 0.717) is 36.6 Å². The number of aryl methyl sites for hydroxylation is 1. The highest BCUT2D eigenvalue weighted by Crippen LogP contribution is 2.40. The van der Waals surface area contributed by atoms with Gasteiger partial charge in [0, 0.05) is 30.7 Å². The lowest BCUT2D eigenvalue weighted by Crippen LogP contribution is -2.31. The molecule has 1 aromatic heterocycles. The Kier molecular flexibility index (Phi) is 4.01. The molecule has 25 heavy (non-hydrogen) atoms. The lowest BCUT2D eigenvalue weighted by Gasteiger charge is -2.32. The van der Waals surface area contributed by atoms with Crippen molar-refractivity contribution in [2.24, 2.45) is 0 Å². The van der Waals surface area contributed by atoms with Crippen molar-refractivity contribution in [1.29, 1.82) is 0 Å². The van der Waals surface area contributed by atoms with E-state index < -0.39 is 0 Å². The highest BCUT2D eigenvalue weighted by molar-refractivity contribution is 5.99. The normalized spacial score (nSPS) is 19.4. The van der Waals surface area contributed by atoms with Gasteiger partial charge in [0.15, 0.2) is 11.6 Å². The summed E-state index contributed by atoms with van der Waals surface area (Å²) in [4.78, 5) is 17.2. The lowest BCUT2D eigenvalue weighted by atomic mass is 9.85. The smallest absolute Gasteiger partial charge is 0.226 e. The Labute approximate surface area is 145 Å². The SMILES string of the molecule is O=C1CCCC2=C1C(c1cccc(O)c1)n1nc(CCCO)nc1N2. The second-order valence-electron chi connectivity index (χ2n) is 6.41. The number of anilines is 1. The number of hydrogen-bond donors (Lipinski definition) is 3. The molecular weight excluding hydrogens is 320 g/mol. The van der Waals surface area contributed by atoms with Gasteiger partial charge >= 0.3 is 0 Å². The van der Waals surface area contributed by atoms with Crippen molar-refractivity contribution < 1.29 is 15.0 Å². The van der Waals surface area contributed by atoms with Gasteiger partial charge in [-0.25, -0.2) is 4.68 Å². The maximum absolute atomic E-state index is 12.6. The number of fused-ring (bicyclic) bond motifs is 1. The van der Waals surface area contributed by atoms with Crippen molar-refractivity contribution >= 4 is 11.7 Å². The first kappa shape index (κ1) is 15.8. The average molecular weight is 340 g/mol. The van der Waals surface area contributed by atoms with Gasteiger partial charge in [-0.2, -0.15) is 10.1 Å². The summed E-state index contributed by atoms with van der Waals surface area (Å²) in [6.07, 6.45) is 3.31. The minimum atomic E-state index is -0.387. The van der Waals surface area contributed by atoms with Crippen LogP contribution in [0, 0.1) is 0 Å². The fourth-order valence-electron chi connectivity index (χ4n) is 3.55. The summed E-state index contributed by atoms with van der Waals surface area (Å²) in [5.41, 5.74) is 2.42. The van der Waals surface area contributed by atoms with Crippen LogP contribution in [0.4, 0.5) is 5.95 Å². The van der Waals surface area contributed by atoms with Crippen molar-refractivity contribution in [3.05, 3.63) is 46.9 Å². The summed E-state index contributed by atoms with van der Waals surface area (Å²) in [5.74, 6) is 1.51. The van der Waals surface area contributed by atoms with Crippen molar-refractivity contribution in [3.8, 4) is 5.75 Å². The average Bonchev–Trinajstić information content (AvgIpc) is 3.00. The van der Waals surface area contributed by atoms with Crippen LogP contribution in [0.2, 0.25) is 0 Å². The van der Waals surface area contributed by atoms with E-state index in [0.717, 1.165) is 24.1 Å². The Hall–Kier alpha value is -2.67. The van der Waals surface area contributed by atoms with E-state index in [2.05, 4.69) is 15.4 Å². The van der Waals surface area contributed by atoms with Gasteiger partial charge in [-0.3, -0.25) is 4.79 Å². The van der Waals surface area contributed by atoms with Crippen LogP contribution in [-0.2, 0) is 11.2 Å². The molecule has 1 unspecified atom stereocenters. The number of allylic oxidation sites excluding steroid dienone is 2. The molecule has 1 aromatic carbocycles. The van der Waals surface area contributed by atoms with Crippen LogP contribution >= 0.6 is 0 Å². The maximum atomic E-state index is 12.6. The van der Waals surface area contributed by atoms with Crippen molar-refractivity contribution in [2.45, 2.75) is 38.1 Å². The quantitative estimate of drug-likeness (QED) is 0.786. The van der Waals surface area contributed by atoms with Gasteiger partial charge in [0.25, 0.3) is 0 Å². The van der Waals surface area contributed by atoms with Crippen molar-refractivity contribution in [1.82, 2.24) is 14.8 Å². The van der Waals surface area contributed by atoms with Crippen LogP contribution in [0.3, 0.4) is 0 Å². The van der Waals surface area contributed by atoms with Crippen molar-refractivity contribution in [2.75, 3.05) is 11.9 Å². The summed E-state index contributed by atoms with van der Waals surface area (Å²) in [6, 6.07) is 6.55. The Morgan fingerprint density at radius 1 is 1.32 bits per heavy atom. The van der Waals surface area contributed by atoms with E-state index in [1.54, 1.807) is 22.9 Å². The highest BCUT2D eigenvalue weighted by atomic mass is 16.3. The summed E-state index contributed by atoms with van der Waals surface area (Å²) in [5, 5.41) is 26.7. The number of carbonyl (C=O) groups excluding carboxylic acids is 1. The second kappa shape index (κ2) is 6.33. The van der Waals surface area contributed by atoms with Crippen LogP contribution in [-0.4, -0.2) is 37.4 Å². The molecule has 7 heteroatoms. The number of ketones is 1. The fourth-order valence-corrected chi connectivity index (χ4v) is 3.55. The molecule has 0 amide bonds. The zero-order valence-corrected chi connectivity index (χ0v) is 13.8. The fraction of sp³-hybridized carbons (Fsp3) is 0.389. The summed E-state index contributed by atoms with van der Waals surface area (Å²) in [6.45, 7) is 0.0839. The molecule has 0 fully saturated rings. The molecular formula is C18H20N4O3. The van der Waals surface area contributed by atoms with Crippen LogP contribution in [0.25, 0.3) is 0 Å². The number of hydrogen-bond acceptors (Lipinski definition) is 6. The number of Topliss-reactive ketones (excluding diaryl/α,β-unsaturated/α-hetero) is 1. The lowest BCUT2D eigenvalue weighted by molar-refractivity contribution is -0.116. The van der Waals surface area contributed by atoms with E-state index in [-0.39, 0.29) is 24.2 Å². The number of aromatic hydroxyl groups is 1. The number of phenolic OH excluding ortho intramolecular Hbond substituents is 1. The van der Waals surface area contributed by atoms with E-state index in [9.17, 15) is 9.90 Å². The maximum Gasteiger partial charge on any atom is 0.226 e. The van der Waals surface area contributed by atoms with Gasteiger partial charge in [0.1, 0.15) is 11.8 Å². The number of rotatable bonds is 4. The summed E-state index contributed by atoms with van der Waals surface area (Å²) >= 11 is 0. The third-order valence-corrected chi connectivity index (χ3v) is 4.66. The molecule has 7 nitrogen and oxygen atoms in total. The van der Waals surface area contributed by atoms with Crippen LogP contribution < -0.4 is 5.32 Å². The first-order chi connectivity index (χ1) is 12.2. The number of benzene rings is 1. The molecule has 0 bridgehead atoms. The zero-order valence-electron chi connectivity index (χ0n) is 13.8. The molecule has 0 saturated carbocycles. The number of aliphatic hydroxyl groups is 1. The molecule has 2 heterocycles. The first-order valence-corrected chi connectivity index (χ1v) is 8.56. The predicted octanol–water partition coefficient (Wildman–Crippen LogP) is 1.93. The third-order valence-electron chi connectivity index (χ3n) is 4.66. The van der Waals surface area contributed by atoms with Crippen molar-refractivity contribution in [3.63, 3.8) is 0 Å². The highest BCUT2D eigenvalue weighted by Gasteiger charge is 2.36. The molecule has 1 aliphatic heterocycles. The molecule has 1 aliphatic carbocycles. The standard InChI is InChI=1S/C18H20N4O3/c23-9-3-8-15-20-18-19-13-6-2-7-14(25)16(13)17(22(18)21-15)11-4-1-5-12(24)10-11/h1,4-5,10,17,23-24H,2-3,6-9H2,(H,19,20,21). The van der Waals surface area contributed by atoms with Gasteiger partial charge in [0.2, 0.25) is 5.95 Å². The van der Waals surface area contributed by atoms with Crippen LogP contribution in [0.5, 0.6) is 5.75 Å². The summed E-state index contributed by atoms with van der Waals surface area (Å²) in [7, 11) is 0. The molecule has 4 rings (SSSR count). The Bertz CT molecular complexity index is 856. The number of carbonyl (C=O) groups is 1. The van der Waals surface area contributed by atoms with Gasteiger partial charge < -0.3 is 15.5 Å². The molecule has 3 N–H and O–H groups in total. The molecule has 130 valence electrons. The predicted molar refractivity (Wildman–Crippen MR) is 91.2 cm³/mol. The Morgan fingerprint density at radius 3 is 3.00 bits per heavy atom. The zero-order chi connectivity index (χ0) is 17.4. The molecule has 0 spiro atoms. The monoisotopic (exact) mass is 340 g/mol. The number of phenols is 1. The molecule has 0 radical (unpaired) electrons. The number of aromatic nitrogens is 3. The topological polar surface area (TPSA) is 100 Å². The molecule has 0 saturated heterocycles. The summed E-state index contributed by atoms with van der Waals surface area (Å²) < 4.78 is 1.73. The number of aliphatic hydroxyl groups excluding tert-OH is 1. The van der Waals surface area contributed by atoms with Gasteiger partial charge in [0.05, 0.1) is 0 Å². The second-order valence-corrected chi connectivity index (χ2v) is 6.41. The minimum Gasteiger partial charge on any atom is -0.508 e. The third kappa shape index (κ3) is 2.80. The molecule has 2 aromatic rings. The Morgan fingerprint density at radius 2 is 2.20 bits per heavy atom. The van der Waals surface area contributed by atoms with Crippen LogP contribution in [0.15, 0.2) is 35.5 Å². The molecule has 2 aliphatic rings. The van der Waals surface area contributed by atoms with E-state index in [1.165, 1.54) is 0 Å². The number of nitrogens with zero attached hydrogens (tertiary/aromatic N) is 3. The van der Waals surface area contributed by atoms with Crippen LogP contribution in [0.1, 0.15) is 43.1 Å². The van der Waals surface area contributed by atoms with Gasteiger partial charge in [-0.1, -0.05) is 12.1 Å². The van der Waals surface area contributed by atoms with Gasteiger partial charge in [-0.05, 0) is 37.0 Å².